The number of Topliss-reactive ketones (excluding diaryl/α,β-unsaturated/α-hetero) is 1. The summed E-state index contributed by atoms with van der Waals surface area (Å²) in [6, 6.07) is 9.02. The number of carbonyl (C=O) groups excluding carboxylic acids is 2. The topological polar surface area (TPSA) is 61.8 Å². The maximum absolute atomic E-state index is 12.7. The predicted octanol–water partition coefficient (Wildman–Crippen LogP) is 2.06. The van der Waals surface area contributed by atoms with E-state index in [-0.39, 0.29) is 23.8 Å². The fraction of sp³-hybridized carbons (Fsp3) is 0.529. The molecule has 2 aliphatic rings. The third-order valence-corrected chi connectivity index (χ3v) is 4.37. The van der Waals surface area contributed by atoms with Crippen LogP contribution in [-0.2, 0) is 19.0 Å². The lowest BCUT2D eigenvalue weighted by Gasteiger charge is -2.17. The van der Waals surface area contributed by atoms with Crippen LogP contribution in [0.15, 0.2) is 30.3 Å². The number of methoxy groups -OCH3 is 1. The molecule has 0 amide bonds. The minimum atomic E-state index is -0.672. The van der Waals surface area contributed by atoms with E-state index in [2.05, 4.69) is 0 Å². The van der Waals surface area contributed by atoms with Crippen molar-refractivity contribution < 1.29 is 23.8 Å². The van der Waals surface area contributed by atoms with Crippen molar-refractivity contribution in [1.29, 1.82) is 0 Å². The van der Waals surface area contributed by atoms with Crippen LogP contribution in [0.5, 0.6) is 0 Å². The molecule has 1 heterocycles. The number of carbonyl (C=O) groups is 2. The lowest BCUT2D eigenvalue weighted by Crippen LogP contribution is -2.23. The van der Waals surface area contributed by atoms with E-state index in [0.717, 1.165) is 0 Å². The Labute approximate surface area is 129 Å². The normalized spacial score (nSPS) is 32.5. The number of hydrogen-bond acceptors (Lipinski definition) is 5. The second-order valence-corrected chi connectivity index (χ2v) is 6.25. The van der Waals surface area contributed by atoms with Crippen LogP contribution in [0.4, 0.5) is 0 Å². The van der Waals surface area contributed by atoms with Crippen LogP contribution in [0.1, 0.15) is 24.2 Å². The van der Waals surface area contributed by atoms with Crippen molar-refractivity contribution in [3.05, 3.63) is 35.9 Å². The first-order valence-corrected chi connectivity index (χ1v) is 7.43. The molecule has 1 saturated heterocycles. The van der Waals surface area contributed by atoms with Crippen molar-refractivity contribution in [3.8, 4) is 0 Å². The van der Waals surface area contributed by atoms with E-state index in [4.69, 9.17) is 14.2 Å². The third kappa shape index (κ3) is 2.66. The summed E-state index contributed by atoms with van der Waals surface area (Å²) < 4.78 is 16.2. The van der Waals surface area contributed by atoms with Crippen LogP contribution in [0.3, 0.4) is 0 Å². The van der Waals surface area contributed by atoms with Crippen molar-refractivity contribution in [2.75, 3.05) is 13.7 Å². The molecule has 0 radical (unpaired) electrons. The van der Waals surface area contributed by atoms with Gasteiger partial charge in [-0.15, -0.1) is 0 Å². The monoisotopic (exact) mass is 304 g/mol. The molecule has 3 rings (SSSR count). The zero-order chi connectivity index (χ0) is 15.9. The summed E-state index contributed by atoms with van der Waals surface area (Å²) in [5.41, 5.74) is 0.613. The summed E-state index contributed by atoms with van der Waals surface area (Å²) in [6.45, 7) is 4.05. The minimum absolute atomic E-state index is 0.0330. The van der Waals surface area contributed by atoms with Crippen molar-refractivity contribution in [2.45, 2.75) is 25.7 Å². The molecular formula is C17H20O5. The van der Waals surface area contributed by atoms with Crippen LogP contribution >= 0.6 is 0 Å². The Bertz CT molecular complexity index is 580. The van der Waals surface area contributed by atoms with Gasteiger partial charge in [0.25, 0.3) is 0 Å². The van der Waals surface area contributed by atoms with Gasteiger partial charge in [-0.25, -0.2) is 0 Å². The number of ketones is 1. The highest BCUT2D eigenvalue weighted by atomic mass is 16.7. The molecule has 0 N–H and O–H groups in total. The standard InChI is InChI=1S/C17H20O5/c1-17(2)21-9-11(22-17)12-13(14(12)16(19)20-3)15(18)10-7-5-4-6-8-10/h4-8,11-14H,9H2,1-3H3/t11-,12+,13+,14+/m0/s1. The van der Waals surface area contributed by atoms with Crippen molar-refractivity contribution >= 4 is 11.8 Å². The van der Waals surface area contributed by atoms with E-state index in [1.807, 2.05) is 32.0 Å². The first kappa shape index (κ1) is 15.2. The van der Waals surface area contributed by atoms with Gasteiger partial charge in [0.2, 0.25) is 0 Å². The van der Waals surface area contributed by atoms with E-state index >= 15 is 0 Å². The van der Waals surface area contributed by atoms with Gasteiger partial charge in [0.1, 0.15) is 0 Å². The zero-order valence-electron chi connectivity index (χ0n) is 12.9. The maximum Gasteiger partial charge on any atom is 0.309 e. The van der Waals surface area contributed by atoms with Crippen LogP contribution in [0, 0.1) is 17.8 Å². The van der Waals surface area contributed by atoms with Gasteiger partial charge in [-0.1, -0.05) is 30.3 Å². The molecule has 4 atom stereocenters. The molecule has 5 heteroatoms. The molecule has 1 saturated carbocycles. The second kappa shape index (κ2) is 5.48. The number of ether oxygens (including phenoxy) is 3. The lowest BCUT2D eigenvalue weighted by atomic mass is 10.0. The molecule has 5 nitrogen and oxygen atoms in total. The zero-order valence-corrected chi connectivity index (χ0v) is 12.9. The van der Waals surface area contributed by atoms with Gasteiger partial charge in [0.15, 0.2) is 11.6 Å². The van der Waals surface area contributed by atoms with Gasteiger partial charge in [0.05, 0.1) is 25.7 Å². The smallest absolute Gasteiger partial charge is 0.309 e. The molecule has 1 aliphatic heterocycles. The van der Waals surface area contributed by atoms with E-state index in [1.54, 1.807) is 12.1 Å². The molecule has 1 aromatic carbocycles. The number of esters is 1. The van der Waals surface area contributed by atoms with Crippen LogP contribution in [0.2, 0.25) is 0 Å². The molecule has 0 spiro atoms. The molecular weight excluding hydrogens is 284 g/mol. The molecule has 1 aliphatic carbocycles. The maximum atomic E-state index is 12.7. The average molecular weight is 304 g/mol. The molecule has 1 aromatic rings. The van der Waals surface area contributed by atoms with Crippen molar-refractivity contribution in [1.82, 2.24) is 0 Å². The van der Waals surface area contributed by atoms with Crippen LogP contribution in [-0.4, -0.2) is 37.4 Å². The summed E-state index contributed by atoms with van der Waals surface area (Å²) in [4.78, 5) is 24.6. The van der Waals surface area contributed by atoms with E-state index in [0.29, 0.717) is 12.2 Å². The third-order valence-electron chi connectivity index (χ3n) is 4.37. The predicted molar refractivity (Wildman–Crippen MR) is 78.2 cm³/mol. The Balaban J connectivity index is 1.80. The Morgan fingerprint density at radius 2 is 1.86 bits per heavy atom. The Kier molecular flexibility index (Phi) is 3.78. The quantitative estimate of drug-likeness (QED) is 0.629. The summed E-state index contributed by atoms with van der Waals surface area (Å²) in [5, 5.41) is 0. The van der Waals surface area contributed by atoms with E-state index in [1.165, 1.54) is 7.11 Å². The highest BCUT2D eigenvalue weighted by Crippen LogP contribution is 2.53. The van der Waals surface area contributed by atoms with E-state index in [9.17, 15) is 9.59 Å². The van der Waals surface area contributed by atoms with Crippen molar-refractivity contribution in [2.24, 2.45) is 17.8 Å². The first-order valence-electron chi connectivity index (χ1n) is 7.43. The van der Waals surface area contributed by atoms with E-state index < -0.39 is 17.6 Å². The number of benzene rings is 1. The average Bonchev–Trinajstić information content (AvgIpc) is 3.16. The second-order valence-electron chi connectivity index (χ2n) is 6.25. The molecule has 0 unspecified atom stereocenters. The highest BCUT2D eigenvalue weighted by molar-refractivity contribution is 6.03. The molecule has 118 valence electrons. The van der Waals surface area contributed by atoms with Gasteiger partial charge < -0.3 is 14.2 Å². The molecule has 0 bridgehead atoms. The molecule has 2 fully saturated rings. The Morgan fingerprint density at radius 3 is 2.41 bits per heavy atom. The Hall–Kier alpha value is -1.72. The summed E-state index contributed by atoms with van der Waals surface area (Å²) in [5.74, 6) is -2.07. The summed E-state index contributed by atoms with van der Waals surface area (Å²) >= 11 is 0. The molecule has 0 aromatic heterocycles. The first-order chi connectivity index (χ1) is 10.4. The number of hydrogen-bond donors (Lipinski definition) is 0. The fourth-order valence-corrected chi connectivity index (χ4v) is 3.27. The summed E-state index contributed by atoms with van der Waals surface area (Å²) in [6.07, 6.45) is -0.253. The SMILES string of the molecule is COC(=O)[C@H]1[C@H](C(=O)c2ccccc2)[C@H]1[C@@H]1COC(C)(C)O1. The summed E-state index contributed by atoms with van der Waals surface area (Å²) in [7, 11) is 1.34. The van der Waals surface area contributed by atoms with Crippen LogP contribution in [0.25, 0.3) is 0 Å². The largest absolute Gasteiger partial charge is 0.469 e. The molecule has 22 heavy (non-hydrogen) atoms. The van der Waals surface area contributed by atoms with Gasteiger partial charge in [-0.2, -0.15) is 0 Å². The van der Waals surface area contributed by atoms with Crippen LogP contribution < -0.4 is 0 Å². The van der Waals surface area contributed by atoms with Gasteiger partial charge in [-0.05, 0) is 13.8 Å². The Morgan fingerprint density at radius 1 is 1.18 bits per heavy atom. The van der Waals surface area contributed by atoms with Gasteiger partial charge >= 0.3 is 5.97 Å². The number of rotatable bonds is 4. The highest BCUT2D eigenvalue weighted by Gasteiger charge is 2.64. The van der Waals surface area contributed by atoms with Gasteiger partial charge in [0, 0.05) is 17.4 Å². The fourth-order valence-electron chi connectivity index (χ4n) is 3.27. The minimum Gasteiger partial charge on any atom is -0.469 e. The van der Waals surface area contributed by atoms with Gasteiger partial charge in [-0.3, -0.25) is 9.59 Å². The van der Waals surface area contributed by atoms with Crippen molar-refractivity contribution in [3.63, 3.8) is 0 Å². The lowest BCUT2D eigenvalue weighted by molar-refractivity contribution is -0.147.